The maximum Gasteiger partial charge on any atom is 0.0652 e. The van der Waals surface area contributed by atoms with Gasteiger partial charge in [0, 0.05) is 25.0 Å². The van der Waals surface area contributed by atoms with Crippen molar-refractivity contribution in [1.82, 2.24) is 15.1 Å². The van der Waals surface area contributed by atoms with Crippen molar-refractivity contribution < 1.29 is 5.11 Å². The molecule has 0 amide bonds. The van der Waals surface area contributed by atoms with Gasteiger partial charge in [-0.1, -0.05) is 6.92 Å². The van der Waals surface area contributed by atoms with Gasteiger partial charge in [-0.15, -0.1) is 0 Å². The van der Waals surface area contributed by atoms with E-state index >= 15 is 0 Å². The first-order valence-corrected chi connectivity index (χ1v) is 7.05. The quantitative estimate of drug-likeness (QED) is 0.836. The van der Waals surface area contributed by atoms with Gasteiger partial charge in [0.15, 0.2) is 0 Å². The molecule has 0 bridgehead atoms. The van der Waals surface area contributed by atoms with Crippen molar-refractivity contribution in [3.63, 3.8) is 0 Å². The Morgan fingerprint density at radius 1 is 1.50 bits per heavy atom. The third-order valence-corrected chi connectivity index (χ3v) is 4.18. The Labute approximate surface area is 109 Å². The highest BCUT2D eigenvalue weighted by atomic mass is 16.3. The third kappa shape index (κ3) is 3.33. The molecule has 0 saturated heterocycles. The normalized spacial score (nSPS) is 28.5. The van der Waals surface area contributed by atoms with Crippen LogP contribution in [0.5, 0.6) is 0 Å². The van der Waals surface area contributed by atoms with Crippen LogP contribution in [0.15, 0.2) is 12.3 Å². The minimum Gasteiger partial charge on any atom is -0.390 e. The smallest absolute Gasteiger partial charge is 0.0652 e. The second-order valence-electron chi connectivity index (χ2n) is 5.50. The van der Waals surface area contributed by atoms with Gasteiger partial charge in [0.1, 0.15) is 0 Å². The lowest BCUT2D eigenvalue weighted by molar-refractivity contribution is -0.0108. The van der Waals surface area contributed by atoms with Gasteiger partial charge in [0.25, 0.3) is 0 Å². The molecule has 102 valence electrons. The molecule has 1 aromatic heterocycles. The molecule has 0 atom stereocenters. The van der Waals surface area contributed by atoms with Gasteiger partial charge in [0.2, 0.25) is 0 Å². The van der Waals surface area contributed by atoms with E-state index in [4.69, 9.17) is 0 Å². The highest BCUT2D eigenvalue weighted by Crippen LogP contribution is 2.32. The first-order valence-electron chi connectivity index (χ1n) is 7.05. The number of hydrogen-bond donors (Lipinski definition) is 2. The van der Waals surface area contributed by atoms with Crippen molar-refractivity contribution in [3.05, 3.63) is 18.0 Å². The van der Waals surface area contributed by atoms with Crippen molar-refractivity contribution >= 4 is 0 Å². The molecule has 18 heavy (non-hydrogen) atoms. The molecule has 0 aromatic carbocycles. The number of rotatable bonds is 5. The SMILES string of the molecule is CCNC1CCC(O)(CCc2ccnn2C)CC1. The van der Waals surface area contributed by atoms with Gasteiger partial charge in [0.05, 0.1) is 5.60 Å². The minimum absolute atomic E-state index is 0.462. The molecule has 1 aliphatic rings. The largest absolute Gasteiger partial charge is 0.390 e. The van der Waals surface area contributed by atoms with Crippen LogP contribution >= 0.6 is 0 Å². The summed E-state index contributed by atoms with van der Waals surface area (Å²) in [7, 11) is 1.96. The standard InChI is InChI=1S/C14H25N3O/c1-3-15-12-4-8-14(18,9-5-12)10-6-13-7-11-16-17(13)2/h7,11-12,15,18H,3-6,8-10H2,1-2H3. The van der Waals surface area contributed by atoms with E-state index in [0.29, 0.717) is 6.04 Å². The third-order valence-electron chi connectivity index (χ3n) is 4.18. The van der Waals surface area contributed by atoms with Crippen LogP contribution in [0.25, 0.3) is 0 Å². The first kappa shape index (κ1) is 13.6. The van der Waals surface area contributed by atoms with Gasteiger partial charge in [-0.25, -0.2) is 0 Å². The fourth-order valence-corrected chi connectivity index (χ4v) is 2.91. The summed E-state index contributed by atoms with van der Waals surface area (Å²) in [4.78, 5) is 0. The average Bonchev–Trinajstić information content (AvgIpc) is 2.76. The van der Waals surface area contributed by atoms with Crippen LogP contribution in [-0.4, -0.2) is 33.1 Å². The van der Waals surface area contributed by atoms with Crippen molar-refractivity contribution in [1.29, 1.82) is 0 Å². The Kier molecular flexibility index (Phi) is 4.40. The van der Waals surface area contributed by atoms with Crippen LogP contribution in [0.2, 0.25) is 0 Å². The van der Waals surface area contributed by atoms with Crippen LogP contribution < -0.4 is 5.32 Å². The molecule has 0 aliphatic heterocycles. The summed E-state index contributed by atoms with van der Waals surface area (Å²) < 4.78 is 1.90. The summed E-state index contributed by atoms with van der Waals surface area (Å²) in [6.45, 7) is 3.17. The van der Waals surface area contributed by atoms with E-state index in [-0.39, 0.29) is 0 Å². The fraction of sp³-hybridized carbons (Fsp3) is 0.786. The molecule has 0 radical (unpaired) electrons. The highest BCUT2D eigenvalue weighted by Gasteiger charge is 2.32. The molecule has 1 fully saturated rings. The molecule has 2 rings (SSSR count). The van der Waals surface area contributed by atoms with Gasteiger partial charge < -0.3 is 10.4 Å². The minimum atomic E-state index is -0.462. The Balaban J connectivity index is 1.81. The topological polar surface area (TPSA) is 50.1 Å². The van der Waals surface area contributed by atoms with E-state index in [0.717, 1.165) is 45.1 Å². The molecular weight excluding hydrogens is 226 g/mol. The summed E-state index contributed by atoms with van der Waals surface area (Å²) in [5.41, 5.74) is 0.744. The molecule has 1 aliphatic carbocycles. The molecule has 4 nitrogen and oxygen atoms in total. The zero-order valence-electron chi connectivity index (χ0n) is 11.5. The van der Waals surface area contributed by atoms with E-state index in [1.807, 2.05) is 24.0 Å². The van der Waals surface area contributed by atoms with Gasteiger partial charge in [-0.2, -0.15) is 5.10 Å². The lowest BCUT2D eigenvalue weighted by Crippen LogP contribution is -2.41. The number of aromatic nitrogens is 2. The average molecular weight is 251 g/mol. The van der Waals surface area contributed by atoms with E-state index in [2.05, 4.69) is 17.3 Å². The van der Waals surface area contributed by atoms with Crippen LogP contribution in [-0.2, 0) is 13.5 Å². The fourth-order valence-electron chi connectivity index (χ4n) is 2.91. The molecule has 0 unspecified atom stereocenters. The van der Waals surface area contributed by atoms with Crippen molar-refractivity contribution in [2.24, 2.45) is 7.05 Å². The molecule has 1 heterocycles. The molecule has 1 saturated carbocycles. The number of hydrogen-bond acceptors (Lipinski definition) is 3. The monoisotopic (exact) mass is 251 g/mol. The zero-order chi connectivity index (χ0) is 13.0. The second-order valence-corrected chi connectivity index (χ2v) is 5.50. The van der Waals surface area contributed by atoms with Crippen LogP contribution in [0.3, 0.4) is 0 Å². The summed E-state index contributed by atoms with van der Waals surface area (Å²) >= 11 is 0. The van der Waals surface area contributed by atoms with Gasteiger partial charge >= 0.3 is 0 Å². The first-order chi connectivity index (χ1) is 8.63. The Bertz CT molecular complexity index is 367. The van der Waals surface area contributed by atoms with E-state index < -0.39 is 5.60 Å². The summed E-state index contributed by atoms with van der Waals surface area (Å²) in [5.74, 6) is 0. The maximum atomic E-state index is 10.6. The van der Waals surface area contributed by atoms with Crippen LogP contribution in [0.4, 0.5) is 0 Å². The number of nitrogens with zero attached hydrogens (tertiary/aromatic N) is 2. The lowest BCUT2D eigenvalue weighted by atomic mass is 9.79. The summed E-state index contributed by atoms with van der Waals surface area (Å²) in [5, 5.41) is 18.2. The van der Waals surface area contributed by atoms with Gasteiger partial charge in [-0.3, -0.25) is 4.68 Å². The van der Waals surface area contributed by atoms with E-state index in [9.17, 15) is 5.11 Å². The Hall–Kier alpha value is -0.870. The molecule has 1 aromatic rings. The van der Waals surface area contributed by atoms with Crippen molar-refractivity contribution in [3.8, 4) is 0 Å². The van der Waals surface area contributed by atoms with Crippen LogP contribution in [0.1, 0.15) is 44.7 Å². The summed E-state index contributed by atoms with van der Waals surface area (Å²) in [6, 6.07) is 2.64. The predicted octanol–water partition coefficient (Wildman–Crippen LogP) is 1.64. The Morgan fingerprint density at radius 3 is 2.78 bits per heavy atom. The number of nitrogens with one attached hydrogen (secondary N) is 1. The number of aliphatic hydroxyl groups is 1. The second kappa shape index (κ2) is 5.85. The maximum absolute atomic E-state index is 10.6. The lowest BCUT2D eigenvalue weighted by Gasteiger charge is -2.36. The molecule has 0 spiro atoms. The molecule has 4 heteroatoms. The number of aryl methyl sites for hydroxylation is 2. The van der Waals surface area contributed by atoms with Crippen molar-refractivity contribution in [2.75, 3.05) is 6.54 Å². The highest BCUT2D eigenvalue weighted by molar-refractivity contribution is 5.02. The molecular formula is C14H25N3O. The predicted molar refractivity (Wildman–Crippen MR) is 72.4 cm³/mol. The summed E-state index contributed by atoms with van der Waals surface area (Å²) in [6.07, 6.45) is 7.61. The zero-order valence-corrected chi connectivity index (χ0v) is 11.5. The Morgan fingerprint density at radius 2 is 2.22 bits per heavy atom. The van der Waals surface area contributed by atoms with E-state index in [1.54, 1.807) is 0 Å². The van der Waals surface area contributed by atoms with E-state index in [1.165, 1.54) is 5.69 Å². The van der Waals surface area contributed by atoms with Crippen LogP contribution in [0, 0.1) is 0 Å². The van der Waals surface area contributed by atoms with Gasteiger partial charge in [-0.05, 0) is 51.1 Å². The van der Waals surface area contributed by atoms with Crippen molar-refractivity contribution in [2.45, 2.75) is 57.1 Å². The molecule has 2 N–H and O–H groups in total.